The number of fused-ring (bicyclic) bond motifs is 1. The van der Waals surface area contributed by atoms with Crippen LogP contribution in [0.25, 0.3) is 10.1 Å². The zero-order valence-electron chi connectivity index (χ0n) is 13.1. The third kappa shape index (κ3) is 3.23. The van der Waals surface area contributed by atoms with Gasteiger partial charge in [-0.3, -0.25) is 4.79 Å². The number of rotatable bonds is 4. The normalized spacial score (nSPS) is 10.7. The standard InChI is InChI=1S/C18H13F2NO3S/c1-2-24-18(23)14-10-6-3-4-9-13(10)25-17(14)21-16(22)15-11(19)7-5-8-12(15)20/h3-9H,2H2,1H3,(H,21,22). The zero-order valence-corrected chi connectivity index (χ0v) is 14.0. The van der Waals surface area contributed by atoms with Gasteiger partial charge in [-0.1, -0.05) is 24.3 Å². The van der Waals surface area contributed by atoms with E-state index in [1.54, 1.807) is 31.2 Å². The highest BCUT2D eigenvalue weighted by atomic mass is 32.1. The molecule has 0 saturated heterocycles. The van der Waals surface area contributed by atoms with E-state index >= 15 is 0 Å². The third-order valence-corrected chi connectivity index (χ3v) is 4.58. The summed E-state index contributed by atoms with van der Waals surface area (Å²) in [6, 6.07) is 10.2. The van der Waals surface area contributed by atoms with E-state index in [4.69, 9.17) is 4.74 Å². The first-order chi connectivity index (χ1) is 12.0. The van der Waals surface area contributed by atoms with Gasteiger partial charge < -0.3 is 10.1 Å². The maximum atomic E-state index is 13.8. The summed E-state index contributed by atoms with van der Waals surface area (Å²) in [5.41, 5.74) is -0.526. The summed E-state index contributed by atoms with van der Waals surface area (Å²) in [4.78, 5) is 24.6. The summed E-state index contributed by atoms with van der Waals surface area (Å²) in [6.07, 6.45) is 0. The van der Waals surface area contributed by atoms with E-state index in [0.29, 0.717) is 5.39 Å². The molecule has 1 aromatic heterocycles. The van der Waals surface area contributed by atoms with Gasteiger partial charge in [-0.05, 0) is 25.1 Å². The lowest BCUT2D eigenvalue weighted by atomic mass is 10.1. The Morgan fingerprint density at radius 2 is 1.72 bits per heavy atom. The SMILES string of the molecule is CCOC(=O)c1c(NC(=O)c2c(F)cccc2F)sc2ccccc12. The number of benzene rings is 2. The molecule has 0 bridgehead atoms. The first kappa shape index (κ1) is 17.0. The van der Waals surface area contributed by atoms with Crippen molar-refractivity contribution in [1.29, 1.82) is 0 Å². The van der Waals surface area contributed by atoms with Gasteiger partial charge in [0.25, 0.3) is 5.91 Å². The lowest BCUT2D eigenvalue weighted by Crippen LogP contribution is -2.17. The predicted molar refractivity (Wildman–Crippen MR) is 92.1 cm³/mol. The van der Waals surface area contributed by atoms with E-state index in [-0.39, 0.29) is 17.2 Å². The molecule has 0 atom stereocenters. The average Bonchev–Trinajstić information content (AvgIpc) is 2.92. The van der Waals surface area contributed by atoms with E-state index in [9.17, 15) is 18.4 Å². The molecule has 4 nitrogen and oxygen atoms in total. The highest BCUT2D eigenvalue weighted by molar-refractivity contribution is 7.23. The Labute approximate surface area is 146 Å². The van der Waals surface area contributed by atoms with Crippen LogP contribution in [0, 0.1) is 11.6 Å². The number of carbonyl (C=O) groups excluding carboxylic acids is 2. The van der Waals surface area contributed by atoms with Gasteiger partial charge >= 0.3 is 5.97 Å². The van der Waals surface area contributed by atoms with Crippen molar-refractivity contribution < 1.29 is 23.1 Å². The van der Waals surface area contributed by atoms with E-state index in [1.165, 1.54) is 6.07 Å². The van der Waals surface area contributed by atoms with Crippen LogP contribution in [0.5, 0.6) is 0 Å². The molecule has 3 aromatic rings. The van der Waals surface area contributed by atoms with Gasteiger partial charge in [0.15, 0.2) is 0 Å². The van der Waals surface area contributed by atoms with Crippen molar-refractivity contribution in [3.05, 3.63) is 65.2 Å². The molecule has 1 heterocycles. The topological polar surface area (TPSA) is 55.4 Å². The summed E-state index contributed by atoms with van der Waals surface area (Å²) < 4.78 is 33.4. The van der Waals surface area contributed by atoms with Gasteiger partial charge in [-0.25, -0.2) is 13.6 Å². The van der Waals surface area contributed by atoms with Crippen LogP contribution in [0.3, 0.4) is 0 Å². The zero-order chi connectivity index (χ0) is 18.0. The van der Waals surface area contributed by atoms with Gasteiger partial charge in [0.2, 0.25) is 0 Å². The molecular weight excluding hydrogens is 348 g/mol. The van der Waals surface area contributed by atoms with Crippen LogP contribution < -0.4 is 5.32 Å². The molecule has 0 fully saturated rings. The number of hydrogen-bond donors (Lipinski definition) is 1. The molecule has 0 aliphatic heterocycles. The van der Waals surface area contributed by atoms with E-state index < -0.39 is 29.1 Å². The molecule has 0 aliphatic rings. The monoisotopic (exact) mass is 361 g/mol. The van der Waals surface area contributed by atoms with Crippen molar-refractivity contribution in [2.24, 2.45) is 0 Å². The van der Waals surface area contributed by atoms with Gasteiger partial charge in [0.05, 0.1) is 6.61 Å². The van der Waals surface area contributed by atoms with E-state index in [0.717, 1.165) is 28.2 Å². The highest BCUT2D eigenvalue weighted by Crippen LogP contribution is 2.36. The van der Waals surface area contributed by atoms with Crippen LogP contribution in [0.2, 0.25) is 0 Å². The van der Waals surface area contributed by atoms with Crippen LogP contribution >= 0.6 is 11.3 Å². The number of hydrogen-bond acceptors (Lipinski definition) is 4. The molecule has 25 heavy (non-hydrogen) atoms. The summed E-state index contributed by atoms with van der Waals surface area (Å²) in [6.45, 7) is 1.83. The maximum absolute atomic E-state index is 13.8. The molecule has 0 radical (unpaired) electrons. The minimum atomic E-state index is -0.976. The predicted octanol–water partition coefficient (Wildman–Crippen LogP) is 4.61. The number of esters is 1. The van der Waals surface area contributed by atoms with Crippen molar-refractivity contribution >= 4 is 38.3 Å². The van der Waals surface area contributed by atoms with Crippen LogP contribution in [-0.2, 0) is 4.74 Å². The second-order valence-corrected chi connectivity index (χ2v) is 6.13. The summed E-state index contributed by atoms with van der Waals surface area (Å²) >= 11 is 1.14. The molecule has 0 spiro atoms. The number of thiophene rings is 1. The fourth-order valence-corrected chi connectivity index (χ4v) is 3.51. The minimum absolute atomic E-state index is 0.165. The van der Waals surface area contributed by atoms with Gasteiger partial charge in [-0.2, -0.15) is 0 Å². The fraction of sp³-hybridized carbons (Fsp3) is 0.111. The lowest BCUT2D eigenvalue weighted by molar-refractivity contribution is 0.0530. The molecule has 3 rings (SSSR count). The second-order valence-electron chi connectivity index (χ2n) is 5.07. The van der Waals surface area contributed by atoms with Crippen molar-refractivity contribution in [1.82, 2.24) is 0 Å². The van der Waals surface area contributed by atoms with Crippen LogP contribution in [-0.4, -0.2) is 18.5 Å². The molecule has 2 aromatic carbocycles. The number of halogens is 2. The summed E-state index contributed by atoms with van der Waals surface area (Å²) in [5, 5.41) is 3.23. The van der Waals surface area contributed by atoms with Gasteiger partial charge in [-0.15, -0.1) is 11.3 Å². The molecule has 0 aliphatic carbocycles. The van der Waals surface area contributed by atoms with Crippen LogP contribution in [0.1, 0.15) is 27.6 Å². The van der Waals surface area contributed by atoms with Crippen molar-refractivity contribution in [3.63, 3.8) is 0 Å². The fourth-order valence-electron chi connectivity index (χ4n) is 2.42. The smallest absolute Gasteiger partial charge is 0.341 e. The van der Waals surface area contributed by atoms with E-state index in [1.807, 2.05) is 0 Å². The van der Waals surface area contributed by atoms with Crippen LogP contribution in [0.15, 0.2) is 42.5 Å². The number of nitrogens with one attached hydrogen (secondary N) is 1. The van der Waals surface area contributed by atoms with Crippen molar-refractivity contribution in [2.45, 2.75) is 6.92 Å². The molecule has 7 heteroatoms. The Hall–Kier alpha value is -2.80. The average molecular weight is 361 g/mol. The Morgan fingerprint density at radius 1 is 1.04 bits per heavy atom. The maximum Gasteiger partial charge on any atom is 0.341 e. The van der Waals surface area contributed by atoms with E-state index in [2.05, 4.69) is 5.32 Å². The molecule has 1 N–H and O–H groups in total. The van der Waals surface area contributed by atoms with Crippen LogP contribution in [0.4, 0.5) is 13.8 Å². The summed E-state index contributed by atoms with van der Waals surface area (Å²) in [5.74, 6) is -3.52. The minimum Gasteiger partial charge on any atom is -0.462 e. The Balaban J connectivity index is 2.05. The first-order valence-electron chi connectivity index (χ1n) is 7.47. The lowest BCUT2D eigenvalue weighted by Gasteiger charge is -2.08. The molecule has 0 unspecified atom stereocenters. The quantitative estimate of drug-likeness (QED) is 0.691. The van der Waals surface area contributed by atoms with Crippen molar-refractivity contribution in [3.8, 4) is 0 Å². The summed E-state index contributed by atoms with van der Waals surface area (Å²) in [7, 11) is 0. The highest BCUT2D eigenvalue weighted by Gasteiger charge is 2.24. The molecular formula is C18H13F2NO3S. The van der Waals surface area contributed by atoms with Crippen molar-refractivity contribution in [2.75, 3.05) is 11.9 Å². The Morgan fingerprint density at radius 3 is 2.40 bits per heavy atom. The Kier molecular flexibility index (Phi) is 4.76. The number of carbonyl (C=O) groups is 2. The number of anilines is 1. The third-order valence-electron chi connectivity index (χ3n) is 3.49. The first-order valence-corrected chi connectivity index (χ1v) is 8.28. The van der Waals surface area contributed by atoms with Gasteiger partial charge in [0, 0.05) is 10.1 Å². The number of ether oxygens (including phenoxy) is 1. The molecule has 0 saturated carbocycles. The molecule has 1 amide bonds. The number of amides is 1. The van der Waals surface area contributed by atoms with Gasteiger partial charge in [0.1, 0.15) is 27.8 Å². The second kappa shape index (κ2) is 6.98. The largest absolute Gasteiger partial charge is 0.462 e. The Bertz CT molecular complexity index is 948. The molecule has 128 valence electrons.